The van der Waals surface area contributed by atoms with Crippen molar-refractivity contribution in [2.45, 2.75) is 24.8 Å². The van der Waals surface area contributed by atoms with Gasteiger partial charge in [0.2, 0.25) is 0 Å². The summed E-state index contributed by atoms with van der Waals surface area (Å²) in [6.45, 7) is 4.02. The molecule has 2 aromatic rings. The average Bonchev–Trinajstić information content (AvgIpc) is 2.40. The number of pyridine rings is 1. The fraction of sp³-hybridized carbons (Fsp3) is 0.214. The maximum Gasteiger partial charge on any atom is 0.263 e. The van der Waals surface area contributed by atoms with Crippen LogP contribution in [0.3, 0.4) is 0 Å². The summed E-state index contributed by atoms with van der Waals surface area (Å²) in [7, 11) is -3.69. The summed E-state index contributed by atoms with van der Waals surface area (Å²) in [6.07, 6.45) is 1.58. The van der Waals surface area contributed by atoms with Crippen molar-refractivity contribution in [3.8, 4) is 0 Å². The van der Waals surface area contributed by atoms with Gasteiger partial charge in [-0.05, 0) is 44.2 Å². The molecule has 1 aromatic heterocycles. The van der Waals surface area contributed by atoms with Crippen molar-refractivity contribution < 1.29 is 8.42 Å². The highest BCUT2D eigenvalue weighted by Crippen LogP contribution is 2.19. The second kappa shape index (κ2) is 6.32. The monoisotopic (exact) mass is 325 g/mol. The Balaban J connectivity index is 2.17. The minimum absolute atomic E-state index is 0.0983. The molecule has 5 nitrogen and oxygen atoms in total. The summed E-state index contributed by atoms with van der Waals surface area (Å²) in [5, 5.41) is 3.54. The van der Waals surface area contributed by atoms with Crippen LogP contribution in [0.25, 0.3) is 0 Å². The zero-order chi connectivity index (χ0) is 15.5. The van der Waals surface area contributed by atoms with Crippen LogP contribution in [-0.4, -0.2) is 19.4 Å². The van der Waals surface area contributed by atoms with Crippen LogP contribution >= 0.6 is 11.6 Å². The van der Waals surface area contributed by atoms with Crippen LogP contribution < -0.4 is 10.0 Å². The maximum atomic E-state index is 12.2. The summed E-state index contributed by atoms with van der Waals surface area (Å²) in [6, 6.07) is 9.71. The molecule has 0 aliphatic carbocycles. The van der Waals surface area contributed by atoms with Crippen LogP contribution in [-0.2, 0) is 10.0 Å². The van der Waals surface area contributed by atoms with Crippen molar-refractivity contribution in [3.63, 3.8) is 0 Å². The van der Waals surface area contributed by atoms with Crippen molar-refractivity contribution in [1.82, 2.24) is 4.98 Å². The van der Waals surface area contributed by atoms with Crippen LogP contribution in [0.15, 0.2) is 47.5 Å². The molecule has 0 fully saturated rings. The van der Waals surface area contributed by atoms with Gasteiger partial charge in [0.1, 0.15) is 5.82 Å². The molecule has 0 atom stereocenters. The Kier molecular flexibility index (Phi) is 4.69. The van der Waals surface area contributed by atoms with Gasteiger partial charge in [-0.25, -0.2) is 13.4 Å². The summed E-state index contributed by atoms with van der Waals surface area (Å²) in [5.41, 5.74) is 0.829. The molecule has 1 aromatic carbocycles. The molecule has 0 unspecified atom stereocenters. The molecule has 0 aliphatic rings. The zero-order valence-electron chi connectivity index (χ0n) is 11.7. The van der Waals surface area contributed by atoms with Crippen LogP contribution in [0, 0.1) is 0 Å². The molecule has 0 radical (unpaired) electrons. The van der Waals surface area contributed by atoms with Crippen molar-refractivity contribution in [2.24, 2.45) is 0 Å². The molecular formula is C14H16ClN3O2S. The lowest BCUT2D eigenvalue weighted by Gasteiger charge is -2.11. The lowest BCUT2D eigenvalue weighted by Crippen LogP contribution is -2.14. The molecule has 1 heterocycles. The van der Waals surface area contributed by atoms with E-state index in [2.05, 4.69) is 15.0 Å². The Morgan fingerprint density at radius 3 is 2.52 bits per heavy atom. The lowest BCUT2D eigenvalue weighted by molar-refractivity contribution is 0.601. The second-order valence-electron chi connectivity index (χ2n) is 4.79. The summed E-state index contributed by atoms with van der Waals surface area (Å²) >= 11 is 5.81. The average molecular weight is 326 g/mol. The highest BCUT2D eigenvalue weighted by molar-refractivity contribution is 7.92. The van der Waals surface area contributed by atoms with E-state index >= 15 is 0 Å². The van der Waals surface area contributed by atoms with Gasteiger partial charge in [0, 0.05) is 11.1 Å². The van der Waals surface area contributed by atoms with E-state index < -0.39 is 10.0 Å². The lowest BCUT2D eigenvalue weighted by atomic mass is 10.3. The molecule has 21 heavy (non-hydrogen) atoms. The van der Waals surface area contributed by atoms with Gasteiger partial charge >= 0.3 is 0 Å². The number of hydrogen-bond donors (Lipinski definition) is 2. The third-order valence-corrected chi connectivity index (χ3v) is 4.15. The van der Waals surface area contributed by atoms with Crippen LogP contribution in [0.5, 0.6) is 0 Å². The molecule has 112 valence electrons. The van der Waals surface area contributed by atoms with Gasteiger partial charge in [-0.3, -0.25) is 4.72 Å². The van der Waals surface area contributed by atoms with E-state index in [0.717, 1.165) is 5.69 Å². The van der Waals surface area contributed by atoms with Gasteiger partial charge in [-0.15, -0.1) is 0 Å². The summed E-state index contributed by atoms with van der Waals surface area (Å²) < 4.78 is 26.8. The Morgan fingerprint density at radius 2 is 1.95 bits per heavy atom. The molecule has 0 amide bonds. The van der Waals surface area contributed by atoms with Crippen LogP contribution in [0.4, 0.5) is 11.5 Å². The van der Waals surface area contributed by atoms with Crippen molar-refractivity contribution in [3.05, 3.63) is 47.6 Å². The topological polar surface area (TPSA) is 71.1 Å². The molecule has 0 saturated heterocycles. The SMILES string of the molecule is CC(C)Nc1ccc(NS(=O)(=O)c2cccc(Cl)c2)nc1. The zero-order valence-corrected chi connectivity index (χ0v) is 13.2. The molecule has 2 rings (SSSR count). The number of sulfonamides is 1. The van der Waals surface area contributed by atoms with E-state index in [1.54, 1.807) is 30.5 Å². The van der Waals surface area contributed by atoms with Gasteiger partial charge in [0.05, 0.1) is 16.8 Å². The molecule has 2 N–H and O–H groups in total. The fourth-order valence-electron chi connectivity index (χ4n) is 1.70. The predicted octanol–water partition coefficient (Wildman–Crippen LogP) is 3.36. The number of aromatic nitrogens is 1. The number of benzene rings is 1. The standard InChI is InChI=1S/C14H16ClN3O2S/c1-10(2)17-12-6-7-14(16-9-12)18-21(19,20)13-5-3-4-11(15)8-13/h3-10,17H,1-2H3,(H,16,18). The predicted molar refractivity (Wildman–Crippen MR) is 85.3 cm³/mol. The van der Waals surface area contributed by atoms with E-state index in [0.29, 0.717) is 5.02 Å². The van der Waals surface area contributed by atoms with Crippen molar-refractivity contribution in [1.29, 1.82) is 0 Å². The van der Waals surface area contributed by atoms with E-state index in [9.17, 15) is 8.42 Å². The Morgan fingerprint density at radius 1 is 1.19 bits per heavy atom. The summed E-state index contributed by atoms with van der Waals surface area (Å²) in [4.78, 5) is 4.18. The number of rotatable bonds is 5. The molecule has 0 spiro atoms. The summed E-state index contributed by atoms with van der Waals surface area (Å²) in [5.74, 6) is 0.254. The third-order valence-electron chi connectivity index (χ3n) is 2.56. The number of nitrogens with zero attached hydrogens (tertiary/aromatic N) is 1. The number of anilines is 2. The first-order valence-electron chi connectivity index (χ1n) is 6.38. The minimum Gasteiger partial charge on any atom is -0.382 e. The van der Waals surface area contributed by atoms with Gasteiger partial charge in [-0.1, -0.05) is 17.7 Å². The number of nitrogens with one attached hydrogen (secondary N) is 2. The van der Waals surface area contributed by atoms with Crippen molar-refractivity contribution in [2.75, 3.05) is 10.0 Å². The molecule has 0 saturated carbocycles. The number of hydrogen-bond acceptors (Lipinski definition) is 4. The Labute approximate surface area is 129 Å². The highest BCUT2D eigenvalue weighted by atomic mass is 35.5. The third kappa shape index (κ3) is 4.34. The van der Waals surface area contributed by atoms with Gasteiger partial charge in [-0.2, -0.15) is 0 Å². The largest absolute Gasteiger partial charge is 0.382 e. The highest BCUT2D eigenvalue weighted by Gasteiger charge is 2.15. The normalized spacial score (nSPS) is 11.4. The first-order valence-corrected chi connectivity index (χ1v) is 8.24. The quantitative estimate of drug-likeness (QED) is 0.884. The minimum atomic E-state index is -3.69. The van der Waals surface area contributed by atoms with Gasteiger partial charge in [0.15, 0.2) is 0 Å². The first-order chi connectivity index (χ1) is 9.87. The number of halogens is 1. The van der Waals surface area contributed by atoms with Crippen LogP contribution in [0.1, 0.15) is 13.8 Å². The molecule has 0 bridgehead atoms. The molecule has 0 aliphatic heterocycles. The smallest absolute Gasteiger partial charge is 0.263 e. The Bertz CT molecular complexity index is 715. The Hall–Kier alpha value is -1.79. The van der Waals surface area contributed by atoms with Crippen molar-refractivity contribution >= 4 is 33.1 Å². The second-order valence-corrected chi connectivity index (χ2v) is 6.91. The molecular weight excluding hydrogens is 310 g/mol. The first kappa shape index (κ1) is 15.6. The molecule has 7 heteroatoms. The van der Waals surface area contributed by atoms with E-state index in [1.165, 1.54) is 12.1 Å². The van der Waals surface area contributed by atoms with E-state index in [1.807, 2.05) is 13.8 Å². The fourth-order valence-corrected chi connectivity index (χ4v) is 3.01. The maximum absolute atomic E-state index is 12.2. The van der Waals surface area contributed by atoms with Gasteiger partial charge < -0.3 is 5.32 Å². The van der Waals surface area contributed by atoms with E-state index in [-0.39, 0.29) is 16.8 Å². The van der Waals surface area contributed by atoms with E-state index in [4.69, 9.17) is 11.6 Å². The van der Waals surface area contributed by atoms with Gasteiger partial charge in [0.25, 0.3) is 10.0 Å². The van der Waals surface area contributed by atoms with Crippen LogP contribution in [0.2, 0.25) is 5.02 Å².